The first-order valence-corrected chi connectivity index (χ1v) is 7.70. The number of hydrogen-bond donors (Lipinski definition) is 2. The lowest BCUT2D eigenvalue weighted by atomic mass is 9.91. The third-order valence-corrected chi connectivity index (χ3v) is 4.47. The van der Waals surface area contributed by atoms with E-state index in [9.17, 15) is 9.90 Å². The number of nitrogens with zero attached hydrogens (tertiary/aromatic N) is 1. The molecule has 2 N–H and O–H groups in total. The molecule has 1 aromatic rings. The first-order chi connectivity index (χ1) is 9.93. The number of rotatable bonds is 2. The maximum absolute atomic E-state index is 12.6. The molecule has 1 aliphatic rings. The minimum atomic E-state index is -0.101. The topological polar surface area (TPSA) is 52.6 Å². The van der Waals surface area contributed by atoms with Gasteiger partial charge in [0.05, 0.1) is 12.6 Å². The average Bonchev–Trinajstić information content (AvgIpc) is 2.42. The van der Waals surface area contributed by atoms with Crippen LogP contribution in [0.4, 0.5) is 10.5 Å². The first kappa shape index (κ1) is 15.8. The van der Waals surface area contributed by atoms with Crippen LogP contribution in [0.1, 0.15) is 36.5 Å². The number of carbonyl (C=O) groups is 1. The van der Waals surface area contributed by atoms with Crippen LogP contribution in [0.2, 0.25) is 0 Å². The zero-order valence-electron chi connectivity index (χ0n) is 13.4. The third-order valence-electron chi connectivity index (χ3n) is 4.47. The summed E-state index contributed by atoms with van der Waals surface area (Å²) in [6.45, 7) is 8.92. The van der Waals surface area contributed by atoms with Crippen molar-refractivity contribution in [2.24, 2.45) is 5.92 Å². The van der Waals surface area contributed by atoms with Gasteiger partial charge in [-0.05, 0) is 50.7 Å². The number of hydrogen-bond acceptors (Lipinski definition) is 2. The second kappa shape index (κ2) is 6.48. The molecule has 0 radical (unpaired) electrons. The molecule has 1 heterocycles. The molecule has 0 bridgehead atoms. The fourth-order valence-electron chi connectivity index (χ4n) is 3.34. The van der Waals surface area contributed by atoms with Crippen molar-refractivity contribution in [3.8, 4) is 0 Å². The molecular weight excluding hydrogens is 264 g/mol. The summed E-state index contributed by atoms with van der Waals surface area (Å²) >= 11 is 0. The summed E-state index contributed by atoms with van der Waals surface area (Å²) in [7, 11) is 0. The molecule has 1 aromatic carbocycles. The number of nitrogens with one attached hydrogen (secondary N) is 1. The molecule has 21 heavy (non-hydrogen) atoms. The minimum absolute atomic E-state index is 0.0282. The summed E-state index contributed by atoms with van der Waals surface area (Å²) in [5.74, 6) is 0.342. The lowest BCUT2D eigenvalue weighted by Gasteiger charge is -2.39. The maximum Gasteiger partial charge on any atom is 0.322 e. The Labute approximate surface area is 127 Å². The highest BCUT2D eigenvalue weighted by Gasteiger charge is 2.31. The Morgan fingerprint density at radius 2 is 1.95 bits per heavy atom. The number of piperidine rings is 1. The molecule has 2 unspecified atom stereocenters. The largest absolute Gasteiger partial charge is 0.394 e. The fraction of sp³-hybridized carbons (Fsp3) is 0.588. The van der Waals surface area contributed by atoms with Gasteiger partial charge in [-0.1, -0.05) is 24.6 Å². The van der Waals surface area contributed by atoms with Crippen molar-refractivity contribution in [1.29, 1.82) is 0 Å². The number of urea groups is 1. The number of amides is 2. The number of likely N-dealkylation sites (tertiary alicyclic amines) is 1. The number of benzene rings is 1. The Morgan fingerprint density at radius 3 is 2.52 bits per heavy atom. The SMILES string of the molecule is Cc1cc(C)c(NC(=O)N2CCCC(C)C2CO)c(C)c1. The van der Waals surface area contributed by atoms with Crippen LogP contribution < -0.4 is 5.32 Å². The molecule has 1 fully saturated rings. The molecule has 2 atom stereocenters. The predicted octanol–water partition coefficient (Wildman–Crippen LogP) is 3.24. The molecule has 2 amide bonds. The molecule has 116 valence electrons. The monoisotopic (exact) mass is 290 g/mol. The van der Waals surface area contributed by atoms with Gasteiger partial charge in [-0.3, -0.25) is 0 Å². The Hall–Kier alpha value is -1.55. The lowest BCUT2D eigenvalue weighted by Crippen LogP contribution is -2.51. The van der Waals surface area contributed by atoms with E-state index in [1.165, 1.54) is 5.56 Å². The molecule has 1 saturated heterocycles. The zero-order valence-corrected chi connectivity index (χ0v) is 13.4. The van der Waals surface area contributed by atoms with Gasteiger partial charge in [-0.2, -0.15) is 0 Å². The molecule has 2 rings (SSSR count). The quantitative estimate of drug-likeness (QED) is 0.878. The van der Waals surface area contributed by atoms with E-state index in [2.05, 4.69) is 31.3 Å². The molecule has 4 nitrogen and oxygen atoms in total. The Balaban J connectivity index is 2.18. The highest BCUT2D eigenvalue weighted by Crippen LogP contribution is 2.26. The highest BCUT2D eigenvalue weighted by molar-refractivity contribution is 5.91. The van der Waals surface area contributed by atoms with E-state index in [1.54, 1.807) is 4.90 Å². The van der Waals surface area contributed by atoms with Gasteiger partial charge in [-0.15, -0.1) is 0 Å². The summed E-state index contributed by atoms with van der Waals surface area (Å²) in [4.78, 5) is 14.4. The summed E-state index contributed by atoms with van der Waals surface area (Å²) in [6, 6.07) is 3.97. The van der Waals surface area contributed by atoms with Crippen LogP contribution >= 0.6 is 0 Å². The normalized spacial score (nSPS) is 22.2. The molecule has 1 aliphatic heterocycles. The second-order valence-corrected chi connectivity index (χ2v) is 6.27. The van der Waals surface area contributed by atoms with E-state index in [-0.39, 0.29) is 18.7 Å². The molecule has 0 aromatic heterocycles. The van der Waals surface area contributed by atoms with Crippen molar-refractivity contribution >= 4 is 11.7 Å². The van der Waals surface area contributed by atoms with Gasteiger partial charge in [0.25, 0.3) is 0 Å². The van der Waals surface area contributed by atoms with Crippen LogP contribution in [0.15, 0.2) is 12.1 Å². The molecule has 4 heteroatoms. The van der Waals surface area contributed by atoms with E-state index in [4.69, 9.17) is 0 Å². The number of aliphatic hydroxyl groups excluding tert-OH is 1. The Morgan fingerprint density at radius 1 is 1.33 bits per heavy atom. The van der Waals surface area contributed by atoms with Crippen molar-refractivity contribution in [3.63, 3.8) is 0 Å². The van der Waals surface area contributed by atoms with Crippen LogP contribution in [-0.2, 0) is 0 Å². The molecule has 0 saturated carbocycles. The number of aliphatic hydroxyl groups is 1. The van der Waals surface area contributed by atoms with Crippen molar-refractivity contribution in [3.05, 3.63) is 28.8 Å². The van der Waals surface area contributed by atoms with Crippen molar-refractivity contribution < 1.29 is 9.90 Å². The van der Waals surface area contributed by atoms with Gasteiger partial charge in [-0.25, -0.2) is 4.79 Å². The van der Waals surface area contributed by atoms with Gasteiger partial charge >= 0.3 is 6.03 Å². The van der Waals surface area contributed by atoms with Crippen LogP contribution in [0.5, 0.6) is 0 Å². The van der Waals surface area contributed by atoms with E-state index in [0.717, 1.165) is 29.7 Å². The van der Waals surface area contributed by atoms with E-state index in [1.807, 2.05) is 13.8 Å². The van der Waals surface area contributed by atoms with Gasteiger partial charge in [0.15, 0.2) is 0 Å². The third kappa shape index (κ3) is 3.38. The van der Waals surface area contributed by atoms with Crippen molar-refractivity contribution in [1.82, 2.24) is 4.90 Å². The first-order valence-electron chi connectivity index (χ1n) is 7.70. The second-order valence-electron chi connectivity index (χ2n) is 6.27. The standard InChI is InChI=1S/C17H26N2O2/c1-11-8-13(3)16(14(4)9-11)18-17(21)19-7-5-6-12(2)15(19)10-20/h8-9,12,15,20H,5-7,10H2,1-4H3,(H,18,21). The molecular formula is C17H26N2O2. The summed E-state index contributed by atoms with van der Waals surface area (Å²) < 4.78 is 0. The predicted molar refractivity (Wildman–Crippen MR) is 85.6 cm³/mol. The van der Waals surface area contributed by atoms with Crippen LogP contribution in [0.25, 0.3) is 0 Å². The number of anilines is 1. The Kier molecular flexibility index (Phi) is 4.88. The Bertz CT molecular complexity index is 505. The van der Waals surface area contributed by atoms with Gasteiger partial charge < -0.3 is 15.3 Å². The van der Waals surface area contributed by atoms with E-state index in [0.29, 0.717) is 12.5 Å². The van der Waals surface area contributed by atoms with Crippen molar-refractivity contribution in [2.75, 3.05) is 18.5 Å². The lowest BCUT2D eigenvalue weighted by molar-refractivity contribution is 0.0811. The molecule has 0 aliphatic carbocycles. The van der Waals surface area contributed by atoms with E-state index >= 15 is 0 Å². The summed E-state index contributed by atoms with van der Waals surface area (Å²) in [5, 5.41) is 12.6. The van der Waals surface area contributed by atoms with Gasteiger partial charge in [0.1, 0.15) is 0 Å². The minimum Gasteiger partial charge on any atom is -0.394 e. The van der Waals surface area contributed by atoms with Gasteiger partial charge in [0.2, 0.25) is 0 Å². The highest BCUT2D eigenvalue weighted by atomic mass is 16.3. The van der Waals surface area contributed by atoms with Gasteiger partial charge in [0, 0.05) is 12.2 Å². The number of carbonyl (C=O) groups excluding carboxylic acids is 1. The average molecular weight is 290 g/mol. The van der Waals surface area contributed by atoms with Crippen LogP contribution in [-0.4, -0.2) is 35.2 Å². The number of aryl methyl sites for hydroxylation is 3. The smallest absolute Gasteiger partial charge is 0.322 e. The fourth-order valence-corrected chi connectivity index (χ4v) is 3.34. The van der Waals surface area contributed by atoms with Crippen LogP contribution in [0, 0.1) is 26.7 Å². The summed E-state index contributed by atoms with van der Waals surface area (Å²) in [5.41, 5.74) is 4.24. The van der Waals surface area contributed by atoms with Crippen LogP contribution in [0.3, 0.4) is 0 Å². The molecule has 0 spiro atoms. The zero-order chi connectivity index (χ0) is 15.6. The van der Waals surface area contributed by atoms with Crippen molar-refractivity contribution in [2.45, 2.75) is 46.6 Å². The maximum atomic E-state index is 12.6. The van der Waals surface area contributed by atoms with E-state index < -0.39 is 0 Å². The summed E-state index contributed by atoms with van der Waals surface area (Å²) in [6.07, 6.45) is 2.06.